The number of aromatic nitrogens is 3. The molecule has 7 nitrogen and oxygen atoms in total. The van der Waals surface area contributed by atoms with Crippen LogP contribution in [0.4, 0.5) is 0 Å². The van der Waals surface area contributed by atoms with Gasteiger partial charge in [-0.05, 0) is 51.4 Å². The molecule has 0 amide bonds. The van der Waals surface area contributed by atoms with E-state index in [1.807, 2.05) is 62.4 Å². The zero-order valence-electron chi connectivity index (χ0n) is 19.7. The third-order valence-corrected chi connectivity index (χ3v) is 6.50. The summed E-state index contributed by atoms with van der Waals surface area (Å²) >= 11 is 0. The van der Waals surface area contributed by atoms with Crippen molar-refractivity contribution in [1.82, 2.24) is 14.8 Å². The molecule has 0 atom stereocenters. The van der Waals surface area contributed by atoms with Crippen LogP contribution in [0.25, 0.3) is 22.5 Å². The van der Waals surface area contributed by atoms with E-state index in [4.69, 9.17) is 14.9 Å². The molecule has 1 saturated carbocycles. The fraction of sp³-hybridized carbons (Fsp3) is 0.407. The minimum atomic E-state index is -0.940. The van der Waals surface area contributed by atoms with Crippen LogP contribution in [-0.2, 0) is 16.1 Å². The lowest BCUT2D eigenvalue weighted by molar-refractivity contribution is -0.142. The minimum absolute atomic E-state index is 0.250. The maximum absolute atomic E-state index is 13.0. The van der Waals surface area contributed by atoms with Gasteiger partial charge in [0.25, 0.3) is 0 Å². The van der Waals surface area contributed by atoms with Crippen molar-refractivity contribution in [1.29, 1.82) is 0 Å². The Morgan fingerprint density at radius 1 is 0.912 bits per heavy atom. The summed E-state index contributed by atoms with van der Waals surface area (Å²) in [4.78, 5) is 28.1. The van der Waals surface area contributed by atoms with E-state index in [9.17, 15) is 9.59 Å². The van der Waals surface area contributed by atoms with E-state index in [2.05, 4.69) is 4.98 Å². The molecule has 4 rings (SSSR count). The molecule has 2 aromatic carbocycles. The number of hydrogen-bond acceptors (Lipinski definition) is 5. The van der Waals surface area contributed by atoms with Gasteiger partial charge in [0.1, 0.15) is 18.0 Å². The van der Waals surface area contributed by atoms with Gasteiger partial charge in [-0.3, -0.25) is 0 Å². The van der Waals surface area contributed by atoms with Crippen molar-refractivity contribution in [2.45, 2.75) is 46.1 Å². The largest absolute Gasteiger partial charge is 0.480 e. The van der Waals surface area contributed by atoms with E-state index in [1.165, 1.54) is 4.68 Å². The number of rotatable bonds is 8. The van der Waals surface area contributed by atoms with Gasteiger partial charge in [0.05, 0.1) is 6.61 Å². The van der Waals surface area contributed by atoms with E-state index in [-0.39, 0.29) is 12.3 Å². The summed E-state index contributed by atoms with van der Waals surface area (Å²) in [6, 6.07) is 16.1. The SMILES string of the molecule is Cc1ccc(-c2nc(=O)n(C[C@H]3CC[C@H](COCC(=O)O)CC3)nc2-c2ccc(C)cc2)cc1. The Morgan fingerprint density at radius 3 is 2.00 bits per heavy atom. The minimum Gasteiger partial charge on any atom is -0.480 e. The predicted octanol–water partition coefficient (Wildman–Crippen LogP) is 4.50. The Hall–Kier alpha value is -3.32. The second-order valence-corrected chi connectivity index (χ2v) is 9.30. The molecule has 0 bridgehead atoms. The number of aliphatic carboxylic acids is 1. The molecule has 1 fully saturated rings. The van der Waals surface area contributed by atoms with Gasteiger partial charge in [0.2, 0.25) is 0 Å². The number of benzene rings is 2. The number of carboxylic acid groups (broad SMARTS) is 1. The molecular formula is C27H31N3O4. The molecule has 0 radical (unpaired) electrons. The first-order valence-corrected chi connectivity index (χ1v) is 11.8. The topological polar surface area (TPSA) is 94.3 Å². The lowest BCUT2D eigenvalue weighted by Gasteiger charge is -2.28. The average Bonchev–Trinajstić information content (AvgIpc) is 2.82. The second kappa shape index (κ2) is 10.7. The number of hydrogen-bond donors (Lipinski definition) is 1. The fourth-order valence-corrected chi connectivity index (χ4v) is 4.49. The molecule has 0 aliphatic heterocycles. The van der Waals surface area contributed by atoms with Gasteiger partial charge < -0.3 is 9.84 Å². The maximum atomic E-state index is 13.0. The van der Waals surface area contributed by atoms with Crippen molar-refractivity contribution in [3.05, 3.63) is 70.1 Å². The quantitative estimate of drug-likeness (QED) is 0.531. The summed E-state index contributed by atoms with van der Waals surface area (Å²) in [5.74, 6) is -0.241. The first kappa shape index (κ1) is 23.8. The summed E-state index contributed by atoms with van der Waals surface area (Å²) in [6.45, 7) is 4.82. The Morgan fingerprint density at radius 2 is 1.44 bits per heavy atom. The first-order chi connectivity index (χ1) is 16.4. The highest BCUT2D eigenvalue weighted by Crippen LogP contribution is 2.31. The van der Waals surface area contributed by atoms with Crippen molar-refractivity contribution in [3.63, 3.8) is 0 Å². The van der Waals surface area contributed by atoms with Crippen molar-refractivity contribution >= 4 is 5.97 Å². The number of nitrogens with zero attached hydrogens (tertiary/aromatic N) is 3. The normalized spacial score (nSPS) is 18.1. The van der Waals surface area contributed by atoms with Crippen molar-refractivity contribution in [2.24, 2.45) is 11.8 Å². The summed E-state index contributed by atoms with van der Waals surface area (Å²) in [5.41, 5.74) is 5.08. The standard InChI is InChI=1S/C27H31N3O4/c1-18-3-11-22(12-4-18)25-26(23-13-5-19(2)6-14-23)29-30(27(33)28-25)15-20-7-9-21(10-8-20)16-34-17-24(31)32/h3-6,11-14,20-21H,7-10,15-17H2,1-2H3,(H,31,32)/t20-,21-. The summed E-state index contributed by atoms with van der Waals surface area (Å²) < 4.78 is 6.78. The molecule has 0 spiro atoms. The molecule has 1 N–H and O–H groups in total. The summed E-state index contributed by atoms with van der Waals surface area (Å²) in [7, 11) is 0. The number of aryl methyl sites for hydroxylation is 2. The molecule has 1 heterocycles. The van der Waals surface area contributed by atoms with Gasteiger partial charge in [-0.2, -0.15) is 10.1 Å². The average molecular weight is 462 g/mol. The van der Waals surface area contributed by atoms with Crippen LogP contribution in [0, 0.1) is 25.7 Å². The monoisotopic (exact) mass is 461 g/mol. The van der Waals surface area contributed by atoms with Crippen LogP contribution in [0.5, 0.6) is 0 Å². The van der Waals surface area contributed by atoms with Crippen LogP contribution in [0.3, 0.4) is 0 Å². The van der Waals surface area contributed by atoms with Gasteiger partial charge in [-0.15, -0.1) is 0 Å². The van der Waals surface area contributed by atoms with Gasteiger partial charge in [-0.25, -0.2) is 14.3 Å². The van der Waals surface area contributed by atoms with Crippen LogP contribution in [0.1, 0.15) is 36.8 Å². The molecule has 1 aliphatic rings. The maximum Gasteiger partial charge on any atom is 0.364 e. The number of carbonyl (C=O) groups is 1. The van der Waals surface area contributed by atoms with Crippen molar-refractivity contribution in [2.75, 3.05) is 13.2 Å². The fourth-order valence-electron chi connectivity index (χ4n) is 4.49. The molecule has 1 aliphatic carbocycles. The Labute approximate surface area is 199 Å². The van der Waals surface area contributed by atoms with Gasteiger partial charge >= 0.3 is 11.7 Å². The highest BCUT2D eigenvalue weighted by Gasteiger charge is 2.23. The molecule has 34 heavy (non-hydrogen) atoms. The van der Waals surface area contributed by atoms with E-state index in [1.54, 1.807) is 0 Å². The molecule has 1 aromatic heterocycles. The Kier molecular flexibility index (Phi) is 7.53. The molecule has 0 saturated heterocycles. The van der Waals surface area contributed by atoms with Gasteiger partial charge in [0, 0.05) is 17.7 Å². The Bertz CT molecular complexity index is 1180. The van der Waals surface area contributed by atoms with Crippen LogP contribution < -0.4 is 5.69 Å². The third kappa shape index (κ3) is 5.97. The van der Waals surface area contributed by atoms with Crippen LogP contribution >= 0.6 is 0 Å². The van der Waals surface area contributed by atoms with Crippen molar-refractivity contribution < 1.29 is 14.6 Å². The predicted molar refractivity (Wildman–Crippen MR) is 131 cm³/mol. The van der Waals surface area contributed by atoms with E-state index < -0.39 is 5.97 Å². The molecule has 7 heteroatoms. The zero-order valence-corrected chi connectivity index (χ0v) is 19.7. The molecule has 178 valence electrons. The smallest absolute Gasteiger partial charge is 0.364 e. The van der Waals surface area contributed by atoms with Crippen LogP contribution in [-0.4, -0.2) is 39.1 Å². The van der Waals surface area contributed by atoms with Gasteiger partial charge in [0.15, 0.2) is 0 Å². The lowest BCUT2D eigenvalue weighted by Crippen LogP contribution is -2.31. The zero-order chi connectivity index (χ0) is 24.1. The number of ether oxygens (including phenoxy) is 1. The van der Waals surface area contributed by atoms with Crippen LogP contribution in [0.2, 0.25) is 0 Å². The first-order valence-electron chi connectivity index (χ1n) is 11.8. The number of carboxylic acids is 1. The lowest BCUT2D eigenvalue weighted by atomic mass is 9.82. The molecule has 3 aromatic rings. The van der Waals surface area contributed by atoms with E-state index in [0.717, 1.165) is 47.9 Å². The highest BCUT2D eigenvalue weighted by molar-refractivity contribution is 5.77. The van der Waals surface area contributed by atoms with Crippen LogP contribution in [0.15, 0.2) is 53.3 Å². The summed E-state index contributed by atoms with van der Waals surface area (Å²) in [6.07, 6.45) is 3.82. The highest BCUT2D eigenvalue weighted by atomic mass is 16.5. The second-order valence-electron chi connectivity index (χ2n) is 9.30. The third-order valence-electron chi connectivity index (χ3n) is 6.50. The summed E-state index contributed by atoms with van der Waals surface area (Å²) in [5, 5.41) is 13.5. The molecule has 0 unspecified atom stereocenters. The van der Waals surface area contributed by atoms with Crippen molar-refractivity contribution in [3.8, 4) is 22.5 Å². The Balaban J connectivity index is 1.55. The van der Waals surface area contributed by atoms with Gasteiger partial charge in [-0.1, -0.05) is 59.7 Å². The van der Waals surface area contributed by atoms with E-state index >= 15 is 0 Å². The molecular weight excluding hydrogens is 430 g/mol. The van der Waals surface area contributed by atoms with E-state index in [0.29, 0.717) is 36.4 Å².